The van der Waals surface area contributed by atoms with Gasteiger partial charge in [-0.15, -0.1) is 0 Å². The molecular formula is C17H22N4. The largest absolute Gasteiger partial charge is 0.325 e. The summed E-state index contributed by atoms with van der Waals surface area (Å²) in [5.41, 5.74) is 5.78. The summed E-state index contributed by atoms with van der Waals surface area (Å²) >= 11 is 0. The third kappa shape index (κ3) is 4.33. The third-order valence-electron chi connectivity index (χ3n) is 3.15. The van der Waals surface area contributed by atoms with Crippen molar-refractivity contribution >= 4 is 17.3 Å². The number of anilines is 1. The van der Waals surface area contributed by atoms with Crippen molar-refractivity contribution in [2.24, 2.45) is 10.8 Å². The average Bonchev–Trinajstić information content (AvgIpc) is 2.47. The number of hydrazine groups is 1. The van der Waals surface area contributed by atoms with E-state index in [1.807, 2.05) is 42.5 Å². The maximum Gasteiger partial charge on any atom is 0.215 e. The minimum atomic E-state index is 0.138. The molecule has 0 aliphatic carbocycles. The highest BCUT2D eigenvalue weighted by Gasteiger charge is 2.12. The molecule has 0 aliphatic rings. The van der Waals surface area contributed by atoms with Crippen molar-refractivity contribution in [2.75, 3.05) is 5.32 Å². The molecule has 0 saturated heterocycles. The summed E-state index contributed by atoms with van der Waals surface area (Å²) in [5, 5.41) is 3.14. The van der Waals surface area contributed by atoms with Crippen LogP contribution in [0.15, 0.2) is 59.6 Å². The molecule has 0 heterocycles. The van der Waals surface area contributed by atoms with Crippen LogP contribution in [0.5, 0.6) is 0 Å². The predicted molar refractivity (Wildman–Crippen MR) is 89.6 cm³/mol. The molecule has 0 amide bonds. The lowest BCUT2D eigenvalue weighted by Crippen LogP contribution is -2.35. The maximum atomic E-state index is 5.52. The monoisotopic (exact) mass is 282 g/mol. The van der Waals surface area contributed by atoms with Crippen LogP contribution in [-0.2, 0) is 5.41 Å². The Kier molecular flexibility index (Phi) is 4.60. The molecule has 0 radical (unpaired) electrons. The summed E-state index contributed by atoms with van der Waals surface area (Å²) in [6, 6.07) is 17.9. The van der Waals surface area contributed by atoms with Crippen LogP contribution in [0.4, 0.5) is 11.4 Å². The molecule has 2 rings (SSSR count). The zero-order valence-corrected chi connectivity index (χ0v) is 12.7. The van der Waals surface area contributed by atoms with Crippen LogP contribution in [0, 0.1) is 0 Å². The van der Waals surface area contributed by atoms with Gasteiger partial charge in [-0.2, -0.15) is 0 Å². The smallest absolute Gasteiger partial charge is 0.215 e. The maximum absolute atomic E-state index is 5.52. The molecule has 0 atom stereocenters. The number of hydrogen-bond donors (Lipinski definition) is 3. The zero-order valence-electron chi connectivity index (χ0n) is 12.7. The third-order valence-corrected chi connectivity index (χ3v) is 3.15. The molecule has 21 heavy (non-hydrogen) atoms. The molecule has 2 aromatic rings. The molecule has 0 fully saturated rings. The van der Waals surface area contributed by atoms with Gasteiger partial charge in [-0.3, -0.25) is 5.43 Å². The molecule has 4 nitrogen and oxygen atoms in total. The fourth-order valence-electron chi connectivity index (χ4n) is 1.92. The van der Waals surface area contributed by atoms with Crippen molar-refractivity contribution in [3.05, 3.63) is 60.2 Å². The van der Waals surface area contributed by atoms with Crippen molar-refractivity contribution in [1.82, 2.24) is 5.43 Å². The Labute approximate surface area is 126 Å². The summed E-state index contributed by atoms with van der Waals surface area (Å²) < 4.78 is 0. The first kappa shape index (κ1) is 15.1. The van der Waals surface area contributed by atoms with Crippen LogP contribution >= 0.6 is 0 Å². The number of nitrogens with two attached hydrogens (primary N) is 1. The van der Waals surface area contributed by atoms with Gasteiger partial charge < -0.3 is 5.32 Å². The molecule has 4 N–H and O–H groups in total. The summed E-state index contributed by atoms with van der Waals surface area (Å²) in [4.78, 5) is 4.46. The van der Waals surface area contributed by atoms with Gasteiger partial charge in [0.15, 0.2) is 0 Å². The van der Waals surface area contributed by atoms with E-state index in [0.29, 0.717) is 5.96 Å². The first-order chi connectivity index (χ1) is 9.99. The van der Waals surface area contributed by atoms with E-state index in [0.717, 1.165) is 11.4 Å². The highest BCUT2D eigenvalue weighted by atomic mass is 15.3. The lowest BCUT2D eigenvalue weighted by molar-refractivity contribution is 0.590. The first-order valence-corrected chi connectivity index (χ1v) is 6.97. The van der Waals surface area contributed by atoms with Crippen LogP contribution in [0.2, 0.25) is 0 Å². The molecule has 0 aromatic heterocycles. The normalized spacial score (nSPS) is 12.1. The molecule has 0 saturated carbocycles. The minimum absolute atomic E-state index is 0.138. The molecule has 2 aromatic carbocycles. The van der Waals surface area contributed by atoms with E-state index in [2.05, 4.69) is 48.6 Å². The van der Waals surface area contributed by atoms with Crippen LogP contribution in [0.3, 0.4) is 0 Å². The Morgan fingerprint density at radius 1 is 0.952 bits per heavy atom. The average molecular weight is 282 g/mol. The second kappa shape index (κ2) is 6.41. The Hall–Kier alpha value is -2.33. The first-order valence-electron chi connectivity index (χ1n) is 6.97. The van der Waals surface area contributed by atoms with Crippen molar-refractivity contribution in [3.8, 4) is 0 Å². The quantitative estimate of drug-likeness (QED) is 0.342. The fourth-order valence-corrected chi connectivity index (χ4v) is 1.92. The summed E-state index contributed by atoms with van der Waals surface area (Å²) in [5.74, 6) is 6.03. The van der Waals surface area contributed by atoms with E-state index < -0.39 is 0 Å². The van der Waals surface area contributed by atoms with Gasteiger partial charge in [0.25, 0.3) is 0 Å². The summed E-state index contributed by atoms with van der Waals surface area (Å²) in [6.45, 7) is 6.57. The van der Waals surface area contributed by atoms with Crippen molar-refractivity contribution in [3.63, 3.8) is 0 Å². The molecular weight excluding hydrogens is 260 g/mol. The number of nitrogens with zero attached hydrogens (tertiary/aromatic N) is 1. The van der Waals surface area contributed by atoms with E-state index in [-0.39, 0.29) is 5.41 Å². The summed E-state index contributed by atoms with van der Waals surface area (Å²) in [7, 11) is 0. The lowest BCUT2D eigenvalue weighted by Gasteiger charge is -2.18. The van der Waals surface area contributed by atoms with E-state index >= 15 is 0 Å². The Bertz CT molecular complexity index is 595. The highest BCUT2D eigenvalue weighted by molar-refractivity contribution is 5.94. The predicted octanol–water partition coefficient (Wildman–Crippen LogP) is 3.55. The van der Waals surface area contributed by atoms with Gasteiger partial charge in [-0.25, -0.2) is 10.8 Å². The van der Waals surface area contributed by atoms with Crippen molar-refractivity contribution in [2.45, 2.75) is 26.2 Å². The van der Waals surface area contributed by atoms with E-state index in [9.17, 15) is 0 Å². The van der Waals surface area contributed by atoms with Gasteiger partial charge in [0.05, 0.1) is 5.69 Å². The number of hydrogen-bond acceptors (Lipinski definition) is 2. The standard InChI is InChI=1S/C17H22N4/c1-17(2,3)13-9-11-15(12-10-13)20-16(21-18)19-14-7-5-4-6-8-14/h4-12H,18H2,1-3H3,(H2,19,20,21). The van der Waals surface area contributed by atoms with E-state index in [4.69, 9.17) is 5.84 Å². The van der Waals surface area contributed by atoms with Crippen LogP contribution in [0.25, 0.3) is 0 Å². The molecule has 110 valence electrons. The Morgan fingerprint density at radius 2 is 1.57 bits per heavy atom. The second-order valence-electron chi connectivity index (χ2n) is 5.89. The molecule has 4 heteroatoms. The minimum Gasteiger partial charge on any atom is -0.325 e. The molecule has 0 aliphatic heterocycles. The van der Waals surface area contributed by atoms with E-state index in [1.54, 1.807) is 0 Å². The topological polar surface area (TPSA) is 62.4 Å². The van der Waals surface area contributed by atoms with Gasteiger partial charge in [0.1, 0.15) is 0 Å². The molecule has 0 unspecified atom stereocenters. The van der Waals surface area contributed by atoms with Crippen molar-refractivity contribution in [1.29, 1.82) is 0 Å². The number of guanidine groups is 1. The van der Waals surface area contributed by atoms with Gasteiger partial charge in [-0.1, -0.05) is 51.1 Å². The van der Waals surface area contributed by atoms with Gasteiger partial charge in [0, 0.05) is 5.69 Å². The summed E-state index contributed by atoms with van der Waals surface area (Å²) in [6.07, 6.45) is 0. The number of benzene rings is 2. The van der Waals surface area contributed by atoms with Crippen LogP contribution in [-0.4, -0.2) is 5.96 Å². The molecule has 0 bridgehead atoms. The fraction of sp³-hybridized carbons (Fsp3) is 0.235. The van der Waals surface area contributed by atoms with Crippen LogP contribution < -0.4 is 16.6 Å². The number of para-hydroxylation sites is 1. The number of nitrogens with one attached hydrogen (secondary N) is 2. The Balaban J connectivity index is 2.16. The Morgan fingerprint density at radius 3 is 2.10 bits per heavy atom. The van der Waals surface area contributed by atoms with Gasteiger partial charge in [-0.05, 0) is 35.2 Å². The zero-order chi connectivity index (χ0) is 15.3. The molecule has 0 spiro atoms. The lowest BCUT2D eigenvalue weighted by atomic mass is 9.87. The second-order valence-corrected chi connectivity index (χ2v) is 5.89. The SMILES string of the molecule is CC(C)(C)c1ccc(N=C(NN)Nc2ccccc2)cc1. The van der Waals surface area contributed by atoms with Crippen molar-refractivity contribution < 1.29 is 0 Å². The van der Waals surface area contributed by atoms with Gasteiger partial charge >= 0.3 is 0 Å². The van der Waals surface area contributed by atoms with Gasteiger partial charge in [0.2, 0.25) is 5.96 Å². The van der Waals surface area contributed by atoms with E-state index in [1.165, 1.54) is 5.56 Å². The number of aliphatic imine (C=N–C) groups is 1. The van der Waals surface area contributed by atoms with Crippen LogP contribution in [0.1, 0.15) is 26.3 Å². The highest BCUT2D eigenvalue weighted by Crippen LogP contribution is 2.24. The number of rotatable bonds is 2.